The molecule has 0 atom stereocenters. The number of nitrogens with zero attached hydrogens (tertiary/aromatic N) is 3. The van der Waals surface area contributed by atoms with E-state index in [-0.39, 0.29) is 11.7 Å². The predicted molar refractivity (Wildman–Crippen MR) is 163 cm³/mol. The number of aromatic nitrogens is 1. The maximum absolute atomic E-state index is 12.9. The molecule has 5 aromatic rings. The minimum Gasteiger partial charge on any atom is -0.406 e. The van der Waals surface area contributed by atoms with Gasteiger partial charge in [0.1, 0.15) is 5.75 Å². The number of amides is 1. The minimum absolute atomic E-state index is 0.00587. The summed E-state index contributed by atoms with van der Waals surface area (Å²) in [4.78, 5) is 21.7. The van der Waals surface area contributed by atoms with Gasteiger partial charge >= 0.3 is 6.36 Å². The number of rotatable bonds is 8. The first-order valence-electron chi connectivity index (χ1n) is 13.9. The predicted octanol–water partition coefficient (Wildman–Crippen LogP) is 7.11. The molecule has 2 heterocycles. The molecule has 1 N–H and O–H groups in total. The first-order valence-corrected chi connectivity index (χ1v) is 14.8. The molecule has 1 fully saturated rings. The number of thiazole rings is 1. The van der Waals surface area contributed by atoms with E-state index in [1.807, 2.05) is 57.6 Å². The Morgan fingerprint density at radius 2 is 1.63 bits per heavy atom. The van der Waals surface area contributed by atoms with E-state index in [4.69, 9.17) is 4.98 Å². The van der Waals surface area contributed by atoms with Crippen LogP contribution in [0.2, 0.25) is 0 Å². The third-order valence-corrected chi connectivity index (χ3v) is 8.19. The van der Waals surface area contributed by atoms with Crippen LogP contribution in [0, 0.1) is 0 Å². The lowest BCUT2D eigenvalue weighted by Crippen LogP contribution is -2.46. The van der Waals surface area contributed by atoms with Gasteiger partial charge in [-0.15, -0.1) is 24.5 Å². The number of alkyl halides is 3. The molecule has 0 aliphatic carbocycles. The van der Waals surface area contributed by atoms with Crippen molar-refractivity contribution in [3.05, 3.63) is 113 Å². The molecular formula is C33H29F3N4O2S. The summed E-state index contributed by atoms with van der Waals surface area (Å²) in [6.07, 6.45) is -4.77. The van der Waals surface area contributed by atoms with Gasteiger partial charge in [-0.3, -0.25) is 4.79 Å². The highest BCUT2D eigenvalue weighted by atomic mass is 32.1. The van der Waals surface area contributed by atoms with Crippen LogP contribution >= 0.6 is 11.3 Å². The Morgan fingerprint density at radius 1 is 0.884 bits per heavy atom. The molecule has 0 saturated carbocycles. The van der Waals surface area contributed by atoms with E-state index in [0.717, 1.165) is 45.8 Å². The molecule has 1 aromatic heterocycles. The third-order valence-electron chi connectivity index (χ3n) is 7.29. The van der Waals surface area contributed by atoms with Crippen LogP contribution in [0.4, 0.5) is 18.3 Å². The van der Waals surface area contributed by atoms with E-state index in [0.29, 0.717) is 37.3 Å². The van der Waals surface area contributed by atoms with Crippen molar-refractivity contribution in [3.8, 4) is 17.0 Å². The summed E-state index contributed by atoms with van der Waals surface area (Å²) in [7, 11) is 0. The fourth-order valence-corrected chi connectivity index (χ4v) is 6.00. The summed E-state index contributed by atoms with van der Waals surface area (Å²) in [5, 5.41) is 8.23. The number of nitrogens with one attached hydrogen (secondary N) is 1. The van der Waals surface area contributed by atoms with E-state index in [1.54, 1.807) is 12.1 Å². The molecule has 1 saturated heterocycles. The number of carbonyl (C=O) groups is 1. The fraction of sp³-hybridized carbons (Fsp3) is 0.212. The van der Waals surface area contributed by atoms with Crippen LogP contribution in [0.1, 0.15) is 21.5 Å². The van der Waals surface area contributed by atoms with Crippen LogP contribution in [-0.2, 0) is 13.1 Å². The minimum atomic E-state index is -4.77. The molecule has 6 nitrogen and oxygen atoms in total. The maximum atomic E-state index is 12.9. The first kappa shape index (κ1) is 28.7. The summed E-state index contributed by atoms with van der Waals surface area (Å²) in [6.45, 7) is 3.66. The summed E-state index contributed by atoms with van der Waals surface area (Å²) < 4.78 is 42.8. The Morgan fingerprint density at radius 3 is 2.40 bits per heavy atom. The number of benzene rings is 4. The average molecular weight is 603 g/mol. The molecule has 0 bridgehead atoms. The summed E-state index contributed by atoms with van der Waals surface area (Å²) >= 11 is 1.47. The van der Waals surface area contributed by atoms with Crippen molar-refractivity contribution in [1.29, 1.82) is 0 Å². The van der Waals surface area contributed by atoms with Crippen molar-refractivity contribution < 1.29 is 22.7 Å². The maximum Gasteiger partial charge on any atom is 0.573 e. The number of piperazine rings is 1. The highest BCUT2D eigenvalue weighted by molar-refractivity contribution is 7.14. The lowest BCUT2D eigenvalue weighted by Gasteiger charge is -2.27. The van der Waals surface area contributed by atoms with Crippen LogP contribution in [0.25, 0.3) is 22.0 Å². The molecule has 0 radical (unpaired) electrons. The second kappa shape index (κ2) is 12.4. The highest BCUT2D eigenvalue weighted by Crippen LogP contribution is 2.32. The molecule has 6 rings (SSSR count). The molecule has 4 aromatic carbocycles. The van der Waals surface area contributed by atoms with Crippen LogP contribution in [-0.4, -0.2) is 48.3 Å². The Balaban J connectivity index is 1.27. The lowest BCUT2D eigenvalue weighted by molar-refractivity contribution is -0.274. The number of hydrogen-bond acceptors (Lipinski definition) is 6. The number of anilines is 1. The second-order valence-electron chi connectivity index (χ2n) is 10.4. The van der Waals surface area contributed by atoms with E-state index >= 15 is 0 Å². The van der Waals surface area contributed by atoms with Gasteiger partial charge in [0.15, 0.2) is 5.13 Å². The SMILES string of the molecule is O=C(c1ccc(CN(Cc2cccc(OC(F)(F)F)c2)c2nc(-c3ccc4ccccc4c3)cs2)cc1)N1CCNCC1. The summed E-state index contributed by atoms with van der Waals surface area (Å²) in [5.74, 6) is -0.261. The van der Waals surface area contributed by atoms with Crippen LogP contribution in [0.3, 0.4) is 0 Å². The largest absolute Gasteiger partial charge is 0.573 e. The van der Waals surface area contributed by atoms with Crippen LogP contribution in [0.15, 0.2) is 96.4 Å². The third kappa shape index (κ3) is 7.15. The zero-order valence-electron chi connectivity index (χ0n) is 23.2. The van der Waals surface area contributed by atoms with Crippen molar-refractivity contribution in [2.75, 3.05) is 31.1 Å². The summed E-state index contributed by atoms with van der Waals surface area (Å²) in [6, 6.07) is 27.8. The molecule has 10 heteroatoms. The number of carbonyl (C=O) groups excluding carboxylic acids is 1. The smallest absolute Gasteiger partial charge is 0.406 e. The number of halogens is 3. The topological polar surface area (TPSA) is 57.7 Å². The molecule has 220 valence electrons. The lowest BCUT2D eigenvalue weighted by atomic mass is 10.1. The molecule has 1 aliphatic heterocycles. The normalized spacial score (nSPS) is 13.7. The van der Waals surface area contributed by atoms with Crippen molar-refractivity contribution in [3.63, 3.8) is 0 Å². The standard InChI is InChI=1S/C33H29F3N4O2S/c34-33(35,36)42-29-7-3-4-24(18-29)21-40(20-23-8-10-26(11-9-23)31(41)39-16-14-37-15-17-39)32-38-30(22-43-32)28-13-12-25-5-1-2-6-27(25)19-28/h1-13,18-19,22,37H,14-17,20-21H2. The fourth-order valence-electron chi connectivity index (χ4n) is 5.17. The van der Waals surface area contributed by atoms with Crippen molar-refractivity contribution >= 4 is 33.1 Å². The Hall–Kier alpha value is -4.41. The van der Waals surface area contributed by atoms with Crippen LogP contribution in [0.5, 0.6) is 5.75 Å². The van der Waals surface area contributed by atoms with Gasteiger partial charge in [0.2, 0.25) is 0 Å². The van der Waals surface area contributed by atoms with E-state index in [9.17, 15) is 18.0 Å². The Kier molecular flexibility index (Phi) is 8.31. The van der Waals surface area contributed by atoms with Gasteiger partial charge in [-0.2, -0.15) is 0 Å². The zero-order chi connectivity index (χ0) is 29.8. The first-order chi connectivity index (χ1) is 20.8. The van der Waals surface area contributed by atoms with Crippen LogP contribution < -0.4 is 15.0 Å². The quantitative estimate of drug-likeness (QED) is 0.205. The number of ether oxygens (including phenoxy) is 1. The van der Waals surface area contributed by atoms with E-state index in [2.05, 4.69) is 34.3 Å². The Bertz CT molecular complexity index is 1720. The Labute approximate surface area is 251 Å². The monoisotopic (exact) mass is 602 g/mol. The number of hydrogen-bond donors (Lipinski definition) is 1. The van der Waals surface area contributed by atoms with Gasteiger partial charge in [-0.1, -0.05) is 60.7 Å². The molecule has 43 heavy (non-hydrogen) atoms. The molecule has 0 spiro atoms. The molecule has 0 unspecified atom stereocenters. The van der Waals surface area contributed by atoms with Gasteiger partial charge in [-0.25, -0.2) is 4.98 Å². The van der Waals surface area contributed by atoms with E-state index < -0.39 is 6.36 Å². The van der Waals surface area contributed by atoms with Gasteiger partial charge in [0.05, 0.1) is 5.69 Å². The zero-order valence-corrected chi connectivity index (χ0v) is 24.0. The van der Waals surface area contributed by atoms with Gasteiger partial charge < -0.3 is 19.9 Å². The second-order valence-corrected chi connectivity index (χ2v) is 11.2. The molecule has 1 aliphatic rings. The average Bonchev–Trinajstić information content (AvgIpc) is 3.51. The van der Waals surface area contributed by atoms with Crippen molar-refractivity contribution in [2.45, 2.75) is 19.5 Å². The number of fused-ring (bicyclic) bond motifs is 1. The van der Waals surface area contributed by atoms with E-state index in [1.165, 1.54) is 23.5 Å². The van der Waals surface area contributed by atoms with Gasteiger partial charge in [-0.05, 0) is 52.2 Å². The van der Waals surface area contributed by atoms with Gasteiger partial charge in [0.25, 0.3) is 5.91 Å². The summed E-state index contributed by atoms with van der Waals surface area (Å²) in [5.41, 5.74) is 4.03. The highest BCUT2D eigenvalue weighted by Gasteiger charge is 2.31. The molecule has 1 amide bonds. The van der Waals surface area contributed by atoms with Crippen molar-refractivity contribution in [1.82, 2.24) is 15.2 Å². The van der Waals surface area contributed by atoms with Gasteiger partial charge in [0, 0.05) is 55.8 Å². The van der Waals surface area contributed by atoms with Crippen molar-refractivity contribution in [2.24, 2.45) is 0 Å². The molecular weight excluding hydrogens is 573 g/mol.